The lowest BCUT2D eigenvalue weighted by Crippen LogP contribution is -2.27. The molecular formula is C15H17N3OS. The van der Waals surface area contributed by atoms with Crippen LogP contribution < -0.4 is 5.32 Å². The zero-order valence-corrected chi connectivity index (χ0v) is 12.3. The van der Waals surface area contributed by atoms with Crippen LogP contribution in [-0.2, 0) is 7.05 Å². The summed E-state index contributed by atoms with van der Waals surface area (Å²) in [6.45, 7) is 2.10. The number of nitrogens with one attached hydrogen (secondary N) is 1. The maximum Gasteiger partial charge on any atom is 0.131 e. The van der Waals surface area contributed by atoms with Gasteiger partial charge in [0, 0.05) is 24.3 Å². The third-order valence-corrected chi connectivity index (χ3v) is 4.27. The average molecular weight is 287 g/mol. The van der Waals surface area contributed by atoms with Crippen LogP contribution in [-0.4, -0.2) is 9.55 Å². The van der Waals surface area contributed by atoms with Crippen molar-refractivity contribution in [3.05, 3.63) is 64.8 Å². The Morgan fingerprint density at radius 3 is 2.85 bits per heavy atom. The number of hydrogen-bond donors (Lipinski definition) is 1. The lowest BCUT2D eigenvalue weighted by Gasteiger charge is -2.21. The number of nitrogens with zero attached hydrogens (tertiary/aromatic N) is 2. The summed E-state index contributed by atoms with van der Waals surface area (Å²) < 4.78 is 7.52. The Hall–Kier alpha value is -1.85. The number of furan rings is 1. The van der Waals surface area contributed by atoms with Crippen molar-refractivity contribution < 1.29 is 4.42 Å². The van der Waals surface area contributed by atoms with Crippen molar-refractivity contribution in [3.8, 4) is 0 Å². The summed E-state index contributed by atoms with van der Waals surface area (Å²) in [5.41, 5.74) is 0. The first-order valence-electron chi connectivity index (χ1n) is 6.56. The second-order valence-corrected chi connectivity index (χ2v) is 5.73. The van der Waals surface area contributed by atoms with E-state index in [4.69, 9.17) is 4.42 Å². The Morgan fingerprint density at radius 1 is 1.35 bits per heavy atom. The van der Waals surface area contributed by atoms with E-state index in [-0.39, 0.29) is 12.1 Å². The number of rotatable bonds is 5. The van der Waals surface area contributed by atoms with Crippen molar-refractivity contribution >= 4 is 11.3 Å². The minimum atomic E-state index is 0.0649. The van der Waals surface area contributed by atoms with Crippen molar-refractivity contribution in [1.29, 1.82) is 0 Å². The van der Waals surface area contributed by atoms with Gasteiger partial charge in [-0.2, -0.15) is 0 Å². The highest BCUT2D eigenvalue weighted by molar-refractivity contribution is 7.10. The van der Waals surface area contributed by atoms with Crippen LogP contribution in [0.2, 0.25) is 0 Å². The molecule has 0 saturated heterocycles. The summed E-state index contributed by atoms with van der Waals surface area (Å²) in [6, 6.07) is 8.28. The molecule has 5 heteroatoms. The molecule has 0 aliphatic heterocycles. The lowest BCUT2D eigenvalue weighted by molar-refractivity contribution is 0.405. The summed E-state index contributed by atoms with van der Waals surface area (Å²) >= 11 is 1.73. The molecule has 4 nitrogen and oxygen atoms in total. The molecule has 0 saturated carbocycles. The SMILES string of the molecule is C[C@H](NC(c1cccs1)c1nccn1C)c1ccco1. The maximum atomic E-state index is 5.47. The summed E-state index contributed by atoms with van der Waals surface area (Å²) in [4.78, 5) is 5.73. The fourth-order valence-electron chi connectivity index (χ4n) is 2.26. The van der Waals surface area contributed by atoms with Crippen molar-refractivity contribution in [1.82, 2.24) is 14.9 Å². The molecule has 1 N–H and O–H groups in total. The van der Waals surface area contributed by atoms with Gasteiger partial charge in [0.25, 0.3) is 0 Å². The van der Waals surface area contributed by atoms with Crippen LogP contribution in [0.25, 0.3) is 0 Å². The molecule has 1 unspecified atom stereocenters. The highest BCUT2D eigenvalue weighted by Gasteiger charge is 2.22. The van der Waals surface area contributed by atoms with Crippen LogP contribution in [0, 0.1) is 0 Å². The highest BCUT2D eigenvalue weighted by Crippen LogP contribution is 2.28. The number of aryl methyl sites for hydroxylation is 1. The third kappa shape index (κ3) is 2.55. The molecule has 20 heavy (non-hydrogen) atoms. The molecule has 0 spiro atoms. The molecule has 104 valence electrons. The van der Waals surface area contributed by atoms with Crippen molar-refractivity contribution in [2.45, 2.75) is 19.0 Å². The Labute approximate surface area is 122 Å². The molecule has 0 fully saturated rings. The Bertz CT molecular complexity index is 643. The zero-order chi connectivity index (χ0) is 13.9. The average Bonchev–Trinajstić information content (AvgIpc) is 3.18. The van der Waals surface area contributed by atoms with Crippen LogP contribution in [0.1, 0.15) is 35.5 Å². The summed E-state index contributed by atoms with van der Waals surface area (Å²) in [6.07, 6.45) is 5.50. The Kier molecular flexibility index (Phi) is 3.71. The zero-order valence-electron chi connectivity index (χ0n) is 11.5. The van der Waals surface area contributed by atoms with Crippen molar-refractivity contribution in [2.75, 3.05) is 0 Å². The van der Waals surface area contributed by atoms with Gasteiger partial charge in [-0.05, 0) is 30.5 Å². The molecule has 3 rings (SSSR count). The van der Waals surface area contributed by atoms with Gasteiger partial charge in [-0.1, -0.05) is 6.07 Å². The highest BCUT2D eigenvalue weighted by atomic mass is 32.1. The standard InChI is InChI=1S/C15H17N3OS/c1-11(12-5-3-9-19-12)17-14(13-6-4-10-20-13)15-16-7-8-18(15)2/h3-11,14,17H,1-2H3/t11-,14?/m0/s1. The van der Waals surface area contributed by atoms with Gasteiger partial charge >= 0.3 is 0 Å². The van der Waals surface area contributed by atoms with E-state index < -0.39 is 0 Å². The fourth-order valence-corrected chi connectivity index (χ4v) is 3.05. The van der Waals surface area contributed by atoms with Crippen LogP contribution in [0.4, 0.5) is 0 Å². The quantitative estimate of drug-likeness (QED) is 0.781. The molecule has 2 atom stereocenters. The predicted octanol–water partition coefficient (Wildman–Crippen LogP) is 3.51. The first kappa shape index (κ1) is 13.1. The van der Waals surface area contributed by atoms with E-state index in [1.165, 1.54) is 4.88 Å². The molecule has 0 aliphatic carbocycles. The molecule has 3 aromatic rings. The molecule has 0 aliphatic rings. The summed E-state index contributed by atoms with van der Waals surface area (Å²) in [5, 5.41) is 5.69. The van der Waals surface area contributed by atoms with E-state index in [1.807, 2.05) is 36.1 Å². The van der Waals surface area contributed by atoms with Gasteiger partial charge in [0.2, 0.25) is 0 Å². The van der Waals surface area contributed by atoms with Gasteiger partial charge < -0.3 is 8.98 Å². The van der Waals surface area contributed by atoms with E-state index in [0.29, 0.717) is 0 Å². The first-order valence-corrected chi connectivity index (χ1v) is 7.43. The van der Waals surface area contributed by atoms with Gasteiger partial charge in [-0.15, -0.1) is 11.3 Å². The monoisotopic (exact) mass is 287 g/mol. The minimum Gasteiger partial charge on any atom is -0.468 e. The smallest absolute Gasteiger partial charge is 0.131 e. The third-order valence-electron chi connectivity index (χ3n) is 3.33. The van der Waals surface area contributed by atoms with E-state index in [1.54, 1.807) is 17.6 Å². The van der Waals surface area contributed by atoms with Gasteiger partial charge in [0.05, 0.1) is 12.3 Å². The second-order valence-electron chi connectivity index (χ2n) is 4.75. The van der Waals surface area contributed by atoms with Crippen LogP contribution in [0.15, 0.2) is 52.7 Å². The Morgan fingerprint density at radius 2 is 2.25 bits per heavy atom. The van der Waals surface area contributed by atoms with Crippen LogP contribution in [0.5, 0.6) is 0 Å². The van der Waals surface area contributed by atoms with Crippen LogP contribution in [0.3, 0.4) is 0 Å². The maximum absolute atomic E-state index is 5.47. The predicted molar refractivity (Wildman–Crippen MR) is 79.6 cm³/mol. The van der Waals surface area contributed by atoms with Crippen molar-refractivity contribution in [3.63, 3.8) is 0 Å². The fraction of sp³-hybridized carbons (Fsp3) is 0.267. The van der Waals surface area contributed by atoms with Gasteiger partial charge in [0.15, 0.2) is 0 Å². The molecule has 3 aromatic heterocycles. The molecule has 0 bridgehead atoms. The minimum absolute atomic E-state index is 0.0649. The molecule has 0 aromatic carbocycles. The van der Waals surface area contributed by atoms with E-state index >= 15 is 0 Å². The number of hydrogen-bond acceptors (Lipinski definition) is 4. The molecule has 3 heterocycles. The lowest BCUT2D eigenvalue weighted by atomic mass is 10.1. The van der Waals surface area contributed by atoms with Gasteiger partial charge in [-0.25, -0.2) is 4.98 Å². The van der Waals surface area contributed by atoms with E-state index in [0.717, 1.165) is 11.6 Å². The topological polar surface area (TPSA) is 43.0 Å². The molecular weight excluding hydrogens is 270 g/mol. The van der Waals surface area contributed by atoms with E-state index in [2.05, 4.69) is 34.7 Å². The number of aromatic nitrogens is 2. The normalized spacial score (nSPS) is 14.3. The summed E-state index contributed by atoms with van der Waals surface area (Å²) in [7, 11) is 2.02. The van der Waals surface area contributed by atoms with Crippen molar-refractivity contribution in [2.24, 2.45) is 7.05 Å². The van der Waals surface area contributed by atoms with Crippen LogP contribution >= 0.6 is 11.3 Å². The molecule has 0 amide bonds. The van der Waals surface area contributed by atoms with Gasteiger partial charge in [0.1, 0.15) is 17.6 Å². The second kappa shape index (κ2) is 5.64. The summed E-state index contributed by atoms with van der Waals surface area (Å²) in [5.74, 6) is 1.94. The molecule has 0 radical (unpaired) electrons. The first-order chi connectivity index (χ1) is 9.75. The largest absolute Gasteiger partial charge is 0.468 e. The Balaban J connectivity index is 1.89. The van der Waals surface area contributed by atoms with Gasteiger partial charge in [-0.3, -0.25) is 5.32 Å². The number of imidazole rings is 1. The number of thiophene rings is 1. The van der Waals surface area contributed by atoms with E-state index in [9.17, 15) is 0 Å².